The normalized spacial score (nSPS) is 20.7. The molecule has 154 valence electrons. The maximum atomic E-state index is 12.4. The summed E-state index contributed by atoms with van der Waals surface area (Å²) in [6.07, 6.45) is 10.2. The Labute approximate surface area is 173 Å². The van der Waals surface area contributed by atoms with Gasteiger partial charge in [0.1, 0.15) is 5.82 Å². The molecule has 6 nitrogen and oxygen atoms in total. The first-order valence-electron chi connectivity index (χ1n) is 10.8. The van der Waals surface area contributed by atoms with Crippen molar-refractivity contribution in [3.63, 3.8) is 0 Å². The Morgan fingerprint density at radius 1 is 1.07 bits per heavy atom. The third-order valence-electron chi connectivity index (χ3n) is 6.15. The van der Waals surface area contributed by atoms with Crippen molar-refractivity contribution in [1.82, 2.24) is 20.2 Å². The minimum absolute atomic E-state index is 0.216. The number of anilines is 1. The first-order valence-corrected chi connectivity index (χ1v) is 10.8. The monoisotopic (exact) mass is 393 g/mol. The molecule has 4 rings (SSSR count). The van der Waals surface area contributed by atoms with Gasteiger partial charge in [0.25, 0.3) is 0 Å². The summed E-state index contributed by atoms with van der Waals surface area (Å²) >= 11 is 0. The van der Waals surface area contributed by atoms with E-state index >= 15 is 0 Å². The molecular weight excluding hydrogens is 362 g/mol. The predicted octanol–water partition coefficient (Wildman–Crippen LogP) is 2.86. The zero-order valence-corrected chi connectivity index (χ0v) is 17.0. The molecule has 2 aliphatic rings. The molecule has 0 saturated carbocycles. The number of hydrogen-bond acceptors (Lipinski definition) is 5. The maximum Gasteiger partial charge on any atom is 0.220 e. The van der Waals surface area contributed by atoms with Crippen LogP contribution in [0, 0.1) is 5.92 Å². The van der Waals surface area contributed by atoms with E-state index in [1.165, 1.54) is 5.56 Å². The van der Waals surface area contributed by atoms with Crippen molar-refractivity contribution in [2.75, 3.05) is 31.1 Å². The number of nitrogens with one attached hydrogen (secondary N) is 1. The van der Waals surface area contributed by atoms with Gasteiger partial charge < -0.3 is 10.2 Å². The van der Waals surface area contributed by atoms with Gasteiger partial charge in [0.05, 0.1) is 6.20 Å². The number of hydrogen-bond donors (Lipinski definition) is 1. The van der Waals surface area contributed by atoms with Crippen LogP contribution in [0.4, 0.5) is 5.82 Å². The Hall–Kier alpha value is -2.47. The maximum absolute atomic E-state index is 12.4. The summed E-state index contributed by atoms with van der Waals surface area (Å²) in [5.74, 6) is 1.81. The second-order valence-electron chi connectivity index (χ2n) is 8.31. The van der Waals surface area contributed by atoms with Crippen molar-refractivity contribution < 1.29 is 4.79 Å². The molecule has 1 N–H and O–H groups in total. The Morgan fingerprint density at radius 2 is 1.90 bits per heavy atom. The molecule has 0 aliphatic carbocycles. The van der Waals surface area contributed by atoms with Crippen LogP contribution >= 0.6 is 0 Å². The molecule has 6 heteroatoms. The van der Waals surface area contributed by atoms with Gasteiger partial charge in [0.15, 0.2) is 0 Å². The number of rotatable bonds is 7. The van der Waals surface area contributed by atoms with E-state index < -0.39 is 0 Å². The molecule has 1 unspecified atom stereocenters. The van der Waals surface area contributed by atoms with Gasteiger partial charge in [0.2, 0.25) is 5.91 Å². The molecule has 0 bridgehead atoms. The van der Waals surface area contributed by atoms with E-state index in [1.807, 2.05) is 6.20 Å². The molecule has 1 amide bonds. The van der Waals surface area contributed by atoms with E-state index in [4.69, 9.17) is 0 Å². The Bertz CT molecular complexity index is 761. The Morgan fingerprint density at radius 3 is 2.66 bits per heavy atom. The van der Waals surface area contributed by atoms with Crippen molar-refractivity contribution in [3.8, 4) is 0 Å². The molecule has 0 spiro atoms. The van der Waals surface area contributed by atoms with E-state index in [2.05, 4.69) is 55.4 Å². The molecular formula is C23H31N5O. The molecule has 2 fully saturated rings. The van der Waals surface area contributed by atoms with Crippen molar-refractivity contribution in [2.24, 2.45) is 5.92 Å². The van der Waals surface area contributed by atoms with Crippen LogP contribution < -0.4 is 10.2 Å². The van der Waals surface area contributed by atoms with Gasteiger partial charge in [-0.2, -0.15) is 0 Å². The summed E-state index contributed by atoms with van der Waals surface area (Å²) in [7, 11) is 0. The van der Waals surface area contributed by atoms with Crippen LogP contribution in [0.1, 0.15) is 37.7 Å². The van der Waals surface area contributed by atoms with Gasteiger partial charge in [-0.05, 0) is 37.2 Å². The highest BCUT2D eigenvalue weighted by Gasteiger charge is 2.25. The van der Waals surface area contributed by atoms with E-state index in [9.17, 15) is 4.79 Å². The van der Waals surface area contributed by atoms with Crippen LogP contribution in [0.15, 0.2) is 48.9 Å². The zero-order valence-electron chi connectivity index (χ0n) is 17.0. The van der Waals surface area contributed by atoms with E-state index in [1.54, 1.807) is 12.4 Å². The SMILES string of the molecule is O=C(CCC1CCN(c2cnccn2)CC1)NC1CCN(Cc2ccccc2)C1. The molecule has 0 radical (unpaired) electrons. The van der Waals surface area contributed by atoms with Crippen molar-refractivity contribution in [3.05, 3.63) is 54.5 Å². The molecule has 2 aliphatic heterocycles. The minimum atomic E-state index is 0.216. The average molecular weight is 394 g/mol. The summed E-state index contributed by atoms with van der Waals surface area (Å²) in [4.78, 5) is 25.7. The Balaban J connectivity index is 1.13. The molecule has 3 heterocycles. The van der Waals surface area contributed by atoms with Gasteiger partial charge >= 0.3 is 0 Å². The lowest BCUT2D eigenvalue weighted by molar-refractivity contribution is -0.122. The van der Waals surface area contributed by atoms with Gasteiger partial charge in [-0.15, -0.1) is 0 Å². The summed E-state index contributed by atoms with van der Waals surface area (Å²) in [6, 6.07) is 10.9. The average Bonchev–Trinajstić information content (AvgIpc) is 3.20. The van der Waals surface area contributed by atoms with Crippen LogP contribution in [0.2, 0.25) is 0 Å². The quantitative estimate of drug-likeness (QED) is 0.784. The minimum Gasteiger partial charge on any atom is -0.355 e. The Kier molecular flexibility index (Phi) is 6.72. The number of carbonyl (C=O) groups is 1. The number of carbonyl (C=O) groups excluding carboxylic acids is 1. The van der Waals surface area contributed by atoms with Crippen molar-refractivity contribution in [2.45, 2.75) is 44.7 Å². The zero-order chi connectivity index (χ0) is 19.9. The highest BCUT2D eigenvalue weighted by atomic mass is 16.1. The van der Waals surface area contributed by atoms with Crippen molar-refractivity contribution in [1.29, 1.82) is 0 Å². The molecule has 1 atom stereocenters. The molecule has 29 heavy (non-hydrogen) atoms. The lowest BCUT2D eigenvalue weighted by atomic mass is 9.92. The number of piperidine rings is 1. The summed E-state index contributed by atoms with van der Waals surface area (Å²) in [5, 5.41) is 3.26. The first kappa shape index (κ1) is 19.8. The highest BCUT2D eigenvalue weighted by molar-refractivity contribution is 5.76. The predicted molar refractivity (Wildman–Crippen MR) is 114 cm³/mol. The van der Waals surface area contributed by atoms with Gasteiger partial charge in [-0.3, -0.25) is 14.7 Å². The second kappa shape index (κ2) is 9.83. The number of aromatic nitrogens is 2. The van der Waals surface area contributed by atoms with E-state index in [-0.39, 0.29) is 5.91 Å². The molecule has 2 saturated heterocycles. The van der Waals surface area contributed by atoms with Crippen LogP contribution in [0.25, 0.3) is 0 Å². The first-order chi connectivity index (χ1) is 14.3. The molecule has 2 aromatic rings. The number of amides is 1. The highest BCUT2D eigenvalue weighted by Crippen LogP contribution is 2.24. The smallest absolute Gasteiger partial charge is 0.220 e. The summed E-state index contributed by atoms with van der Waals surface area (Å²) in [6.45, 7) is 4.99. The van der Waals surface area contributed by atoms with E-state index in [0.29, 0.717) is 18.4 Å². The van der Waals surface area contributed by atoms with E-state index in [0.717, 1.165) is 64.2 Å². The van der Waals surface area contributed by atoms with Gasteiger partial charge in [-0.25, -0.2) is 4.98 Å². The standard InChI is InChI=1S/C23H31N5O/c29-23(26-21-10-13-27(18-21)17-20-4-2-1-3-5-20)7-6-19-8-14-28(15-9-19)22-16-24-11-12-25-22/h1-5,11-12,16,19,21H,6-10,13-15,17-18H2,(H,26,29). The molecule has 1 aromatic heterocycles. The second-order valence-corrected chi connectivity index (χ2v) is 8.31. The third kappa shape index (κ3) is 5.76. The fourth-order valence-corrected chi connectivity index (χ4v) is 4.48. The summed E-state index contributed by atoms with van der Waals surface area (Å²) in [5.41, 5.74) is 1.34. The van der Waals surface area contributed by atoms with Crippen molar-refractivity contribution >= 4 is 11.7 Å². The van der Waals surface area contributed by atoms with Gasteiger partial charge in [0, 0.05) is 57.6 Å². The van der Waals surface area contributed by atoms with Crippen LogP contribution in [0.5, 0.6) is 0 Å². The topological polar surface area (TPSA) is 61.4 Å². The fraction of sp³-hybridized carbons (Fsp3) is 0.522. The number of benzene rings is 1. The van der Waals surface area contributed by atoms with Crippen LogP contribution in [-0.2, 0) is 11.3 Å². The van der Waals surface area contributed by atoms with Crippen LogP contribution in [0.3, 0.4) is 0 Å². The lowest BCUT2D eigenvalue weighted by Gasteiger charge is -2.32. The van der Waals surface area contributed by atoms with Crippen LogP contribution in [-0.4, -0.2) is 53.0 Å². The summed E-state index contributed by atoms with van der Waals surface area (Å²) < 4.78 is 0. The third-order valence-corrected chi connectivity index (χ3v) is 6.15. The number of nitrogens with zero attached hydrogens (tertiary/aromatic N) is 4. The largest absolute Gasteiger partial charge is 0.355 e. The van der Waals surface area contributed by atoms with Gasteiger partial charge in [-0.1, -0.05) is 30.3 Å². The lowest BCUT2D eigenvalue weighted by Crippen LogP contribution is -2.38. The molecule has 1 aromatic carbocycles. The fourth-order valence-electron chi connectivity index (χ4n) is 4.48. The number of likely N-dealkylation sites (tertiary alicyclic amines) is 1.